The highest BCUT2D eigenvalue weighted by atomic mass is 127. The number of alkyl halides is 1. The lowest BCUT2D eigenvalue weighted by Gasteiger charge is -2.01. The van der Waals surface area contributed by atoms with Crippen LogP contribution in [0.5, 0.6) is 0 Å². The molecular weight excluding hydrogens is 203 g/mol. The Morgan fingerprint density at radius 3 is 2.57 bits per heavy atom. The van der Waals surface area contributed by atoms with Gasteiger partial charge in [-0.25, -0.2) is 0 Å². The molecule has 0 amide bonds. The summed E-state index contributed by atoms with van der Waals surface area (Å²) in [6, 6.07) is 0. The van der Waals surface area contributed by atoms with Gasteiger partial charge < -0.3 is 11.1 Å². The summed E-state index contributed by atoms with van der Waals surface area (Å²) in [5.74, 6) is 0. The molecule has 2 nitrogen and oxygen atoms in total. The van der Waals surface area contributed by atoms with Crippen molar-refractivity contribution in [3.63, 3.8) is 0 Å². The molecule has 0 aliphatic rings. The molecule has 0 radical (unpaired) electrons. The monoisotopic (exact) mass is 214 g/mol. The molecule has 1 atom stereocenters. The first-order valence-electron chi connectivity index (χ1n) is 2.35. The minimum Gasteiger partial charge on any atom is -0.329 e. The van der Waals surface area contributed by atoms with E-state index in [0.29, 0.717) is 4.05 Å². The number of nitrogens with two attached hydrogens (primary N) is 1. The SMILES string of the molecule is CC(I)NCCN. The van der Waals surface area contributed by atoms with E-state index in [0.717, 1.165) is 13.1 Å². The topological polar surface area (TPSA) is 38.0 Å². The summed E-state index contributed by atoms with van der Waals surface area (Å²) in [5.41, 5.74) is 5.21. The minimum atomic E-state index is 0.543. The Hall–Kier alpha value is 0.650. The van der Waals surface area contributed by atoms with Crippen LogP contribution in [0, 0.1) is 0 Å². The molecule has 0 bridgehead atoms. The van der Waals surface area contributed by atoms with Gasteiger partial charge >= 0.3 is 0 Å². The molecule has 0 heterocycles. The normalized spacial score (nSPS) is 14.1. The van der Waals surface area contributed by atoms with Gasteiger partial charge in [0.25, 0.3) is 0 Å². The fraction of sp³-hybridized carbons (Fsp3) is 1.00. The molecule has 0 aliphatic carbocycles. The van der Waals surface area contributed by atoms with Crippen molar-refractivity contribution < 1.29 is 0 Å². The predicted octanol–water partition coefficient (Wildman–Crippen LogP) is 0.316. The van der Waals surface area contributed by atoms with Crippen molar-refractivity contribution in [2.45, 2.75) is 11.0 Å². The van der Waals surface area contributed by atoms with Crippen LogP contribution in [0.2, 0.25) is 0 Å². The maximum atomic E-state index is 5.21. The average Bonchev–Trinajstić information content (AvgIpc) is 1.61. The number of hydrogen-bond acceptors (Lipinski definition) is 2. The Morgan fingerprint density at radius 1 is 1.86 bits per heavy atom. The largest absolute Gasteiger partial charge is 0.329 e. The lowest BCUT2D eigenvalue weighted by molar-refractivity contribution is 0.707. The van der Waals surface area contributed by atoms with Gasteiger partial charge in [-0.15, -0.1) is 0 Å². The Kier molecular flexibility index (Phi) is 5.25. The lowest BCUT2D eigenvalue weighted by Crippen LogP contribution is -2.26. The van der Waals surface area contributed by atoms with Gasteiger partial charge in [-0.3, -0.25) is 0 Å². The number of hydrogen-bond donors (Lipinski definition) is 2. The van der Waals surface area contributed by atoms with E-state index in [1.54, 1.807) is 0 Å². The van der Waals surface area contributed by atoms with E-state index < -0.39 is 0 Å². The van der Waals surface area contributed by atoms with Crippen molar-refractivity contribution in [2.75, 3.05) is 13.1 Å². The van der Waals surface area contributed by atoms with Gasteiger partial charge in [0.05, 0.1) is 4.05 Å². The van der Waals surface area contributed by atoms with E-state index in [4.69, 9.17) is 5.73 Å². The van der Waals surface area contributed by atoms with Crippen LogP contribution in [0.1, 0.15) is 6.92 Å². The first-order valence-corrected chi connectivity index (χ1v) is 3.59. The molecule has 0 rings (SSSR count). The Morgan fingerprint density at radius 2 is 2.43 bits per heavy atom. The maximum absolute atomic E-state index is 5.21. The Balaban J connectivity index is 2.68. The molecule has 7 heavy (non-hydrogen) atoms. The van der Waals surface area contributed by atoms with Crippen LogP contribution in [-0.2, 0) is 0 Å². The predicted molar refractivity (Wildman–Crippen MR) is 40.5 cm³/mol. The van der Waals surface area contributed by atoms with Gasteiger partial charge in [0.1, 0.15) is 0 Å². The summed E-state index contributed by atoms with van der Waals surface area (Å²) in [6.45, 7) is 3.74. The average molecular weight is 214 g/mol. The van der Waals surface area contributed by atoms with Crippen LogP contribution in [-0.4, -0.2) is 17.1 Å². The van der Waals surface area contributed by atoms with Crippen molar-refractivity contribution in [3.8, 4) is 0 Å². The summed E-state index contributed by atoms with van der Waals surface area (Å²) in [7, 11) is 0. The molecule has 0 aromatic rings. The molecule has 0 fully saturated rings. The van der Waals surface area contributed by atoms with Gasteiger partial charge in [-0.05, 0) is 6.92 Å². The van der Waals surface area contributed by atoms with E-state index >= 15 is 0 Å². The summed E-state index contributed by atoms with van der Waals surface area (Å²) in [6.07, 6.45) is 0. The highest BCUT2D eigenvalue weighted by molar-refractivity contribution is 14.1. The lowest BCUT2D eigenvalue weighted by atomic mass is 10.6. The van der Waals surface area contributed by atoms with Gasteiger partial charge in [0.2, 0.25) is 0 Å². The zero-order valence-electron chi connectivity index (χ0n) is 4.45. The summed E-state index contributed by atoms with van der Waals surface area (Å²) in [5, 5.41) is 3.16. The maximum Gasteiger partial charge on any atom is 0.0565 e. The first-order chi connectivity index (χ1) is 3.27. The van der Waals surface area contributed by atoms with Crippen LogP contribution in [0.4, 0.5) is 0 Å². The van der Waals surface area contributed by atoms with Crippen LogP contribution in [0.15, 0.2) is 0 Å². The van der Waals surface area contributed by atoms with Crippen LogP contribution < -0.4 is 11.1 Å². The quantitative estimate of drug-likeness (QED) is 0.403. The molecule has 44 valence electrons. The van der Waals surface area contributed by atoms with E-state index in [1.807, 2.05) is 0 Å². The number of nitrogens with one attached hydrogen (secondary N) is 1. The van der Waals surface area contributed by atoms with Gasteiger partial charge in [0, 0.05) is 13.1 Å². The molecule has 0 saturated carbocycles. The molecule has 0 aliphatic heterocycles. The second-order valence-corrected chi connectivity index (χ2v) is 3.23. The second-order valence-electron chi connectivity index (χ2n) is 1.36. The zero-order chi connectivity index (χ0) is 5.70. The van der Waals surface area contributed by atoms with Crippen molar-refractivity contribution in [1.82, 2.24) is 5.32 Å². The Bertz CT molecular complexity index is 38.7. The fourth-order valence-electron chi connectivity index (χ4n) is 0.282. The minimum absolute atomic E-state index is 0.543. The Labute approximate surface area is 58.0 Å². The van der Waals surface area contributed by atoms with Gasteiger partial charge in [-0.1, -0.05) is 22.6 Å². The van der Waals surface area contributed by atoms with Crippen molar-refractivity contribution >= 4 is 22.6 Å². The van der Waals surface area contributed by atoms with Crippen molar-refractivity contribution in [1.29, 1.82) is 0 Å². The summed E-state index contributed by atoms with van der Waals surface area (Å²) >= 11 is 2.30. The second kappa shape index (κ2) is 4.80. The third kappa shape index (κ3) is 6.65. The van der Waals surface area contributed by atoms with E-state index in [2.05, 4.69) is 34.8 Å². The zero-order valence-corrected chi connectivity index (χ0v) is 6.60. The third-order valence-electron chi connectivity index (χ3n) is 0.570. The van der Waals surface area contributed by atoms with Crippen molar-refractivity contribution in [2.24, 2.45) is 5.73 Å². The smallest absolute Gasteiger partial charge is 0.0565 e. The van der Waals surface area contributed by atoms with E-state index in [1.165, 1.54) is 0 Å². The fourth-order valence-corrected chi connectivity index (χ4v) is 0.594. The molecule has 0 saturated heterocycles. The van der Waals surface area contributed by atoms with E-state index in [-0.39, 0.29) is 0 Å². The van der Waals surface area contributed by atoms with Crippen LogP contribution >= 0.6 is 22.6 Å². The highest BCUT2D eigenvalue weighted by Gasteiger charge is 1.87. The standard InChI is InChI=1S/C4H11IN2/c1-4(5)7-3-2-6/h4,7H,2-3,6H2,1H3. The summed E-state index contributed by atoms with van der Waals surface area (Å²) < 4.78 is 0.543. The number of rotatable bonds is 3. The molecule has 3 N–H and O–H groups in total. The van der Waals surface area contributed by atoms with Gasteiger partial charge in [-0.2, -0.15) is 0 Å². The van der Waals surface area contributed by atoms with Crippen LogP contribution in [0.25, 0.3) is 0 Å². The van der Waals surface area contributed by atoms with Crippen molar-refractivity contribution in [3.05, 3.63) is 0 Å². The third-order valence-corrected chi connectivity index (χ3v) is 1.01. The first kappa shape index (κ1) is 7.65. The molecule has 0 spiro atoms. The summed E-state index contributed by atoms with van der Waals surface area (Å²) in [4.78, 5) is 0. The van der Waals surface area contributed by atoms with Gasteiger partial charge in [0.15, 0.2) is 0 Å². The molecule has 1 unspecified atom stereocenters. The van der Waals surface area contributed by atoms with Crippen LogP contribution in [0.3, 0.4) is 0 Å². The van der Waals surface area contributed by atoms with E-state index in [9.17, 15) is 0 Å². The molecule has 0 aromatic carbocycles. The highest BCUT2D eigenvalue weighted by Crippen LogP contribution is 1.89. The molecule has 0 aromatic heterocycles. The molecular formula is C4H11IN2. The number of halogens is 1. The molecule has 3 heteroatoms.